The summed E-state index contributed by atoms with van der Waals surface area (Å²) in [6, 6.07) is -0.281. The van der Waals surface area contributed by atoms with Gasteiger partial charge in [0.25, 0.3) is 0 Å². The van der Waals surface area contributed by atoms with Crippen molar-refractivity contribution in [3.8, 4) is 0 Å². The van der Waals surface area contributed by atoms with E-state index in [1.807, 2.05) is 0 Å². The lowest BCUT2D eigenvalue weighted by atomic mass is 10.1. The van der Waals surface area contributed by atoms with Crippen LogP contribution in [-0.2, 0) is 4.84 Å². The van der Waals surface area contributed by atoms with Gasteiger partial charge >= 0.3 is 6.03 Å². The van der Waals surface area contributed by atoms with Crippen LogP contribution < -0.4 is 5.48 Å². The summed E-state index contributed by atoms with van der Waals surface area (Å²) < 4.78 is 0. The number of nitrogens with one attached hydrogen (secondary N) is 1. The summed E-state index contributed by atoms with van der Waals surface area (Å²) in [4.78, 5) is 17.1. The summed E-state index contributed by atoms with van der Waals surface area (Å²) in [6.45, 7) is 1.08. The fourth-order valence-electron chi connectivity index (χ4n) is 1.29. The molecule has 1 rings (SSSR count). The van der Waals surface area contributed by atoms with Crippen LogP contribution >= 0.6 is 0 Å². The number of β-amino-alcohol motifs (C(OH)–C–C–N with tert-alkyl or cyclic N) is 1. The molecule has 1 saturated heterocycles. The van der Waals surface area contributed by atoms with Crippen LogP contribution in [0.2, 0.25) is 0 Å². The first-order valence-electron chi connectivity index (χ1n) is 4.00. The minimum Gasteiger partial charge on any atom is -0.391 e. The normalized spacial score (nSPS) is 23.8. The number of hydrogen-bond acceptors (Lipinski definition) is 3. The number of nitrogens with zero attached hydrogens (tertiary/aromatic N) is 1. The summed E-state index contributed by atoms with van der Waals surface area (Å²) >= 11 is 0. The van der Waals surface area contributed by atoms with Crippen molar-refractivity contribution in [3.05, 3.63) is 0 Å². The second-order valence-corrected chi connectivity index (χ2v) is 2.85. The van der Waals surface area contributed by atoms with Crippen LogP contribution in [0.25, 0.3) is 0 Å². The minimum atomic E-state index is -0.388. The third-order valence-corrected chi connectivity index (χ3v) is 1.87. The van der Waals surface area contributed by atoms with Crippen molar-refractivity contribution < 1.29 is 14.7 Å². The molecule has 5 heteroatoms. The molecule has 12 heavy (non-hydrogen) atoms. The topological polar surface area (TPSA) is 61.8 Å². The fraction of sp³-hybridized carbons (Fsp3) is 0.857. The Bertz CT molecular complexity index is 163. The van der Waals surface area contributed by atoms with Gasteiger partial charge in [0.05, 0.1) is 13.2 Å². The molecule has 70 valence electrons. The third kappa shape index (κ3) is 2.35. The van der Waals surface area contributed by atoms with Gasteiger partial charge in [0.15, 0.2) is 0 Å². The van der Waals surface area contributed by atoms with E-state index in [9.17, 15) is 9.90 Å². The molecule has 1 heterocycles. The van der Waals surface area contributed by atoms with E-state index in [0.717, 1.165) is 12.8 Å². The minimum absolute atomic E-state index is 0.281. The number of likely N-dealkylation sites (tertiary alicyclic amines) is 1. The zero-order chi connectivity index (χ0) is 8.97. The average Bonchev–Trinajstić information content (AvgIpc) is 2.05. The van der Waals surface area contributed by atoms with E-state index in [2.05, 4.69) is 10.3 Å². The van der Waals surface area contributed by atoms with Crippen LogP contribution in [0.15, 0.2) is 0 Å². The lowest BCUT2D eigenvalue weighted by Gasteiger charge is -2.29. The van der Waals surface area contributed by atoms with Gasteiger partial charge in [-0.3, -0.25) is 4.84 Å². The highest BCUT2D eigenvalue weighted by Gasteiger charge is 2.21. The van der Waals surface area contributed by atoms with E-state index in [4.69, 9.17) is 0 Å². The second-order valence-electron chi connectivity index (χ2n) is 2.85. The van der Waals surface area contributed by atoms with E-state index in [1.54, 1.807) is 0 Å². The number of aliphatic hydroxyl groups is 1. The second kappa shape index (κ2) is 4.27. The van der Waals surface area contributed by atoms with Crippen LogP contribution in [0.5, 0.6) is 0 Å². The molecular weight excluding hydrogens is 160 g/mol. The zero-order valence-electron chi connectivity index (χ0n) is 7.12. The molecule has 1 atom stereocenters. The summed E-state index contributed by atoms with van der Waals surface area (Å²) in [5, 5.41) is 9.23. The quantitative estimate of drug-likeness (QED) is 0.537. The number of rotatable bonds is 1. The summed E-state index contributed by atoms with van der Waals surface area (Å²) in [6.07, 6.45) is 1.23. The number of carbonyl (C=O) groups is 1. The molecule has 1 fully saturated rings. The van der Waals surface area contributed by atoms with Crippen LogP contribution in [0.4, 0.5) is 4.79 Å². The highest BCUT2D eigenvalue weighted by atomic mass is 16.6. The molecule has 0 aromatic carbocycles. The molecule has 2 N–H and O–H groups in total. The summed E-state index contributed by atoms with van der Waals surface area (Å²) in [5.41, 5.74) is 2.21. The van der Waals surface area contributed by atoms with Gasteiger partial charge in [-0.05, 0) is 12.8 Å². The first-order chi connectivity index (χ1) is 5.74. The van der Waals surface area contributed by atoms with Crippen molar-refractivity contribution in [2.24, 2.45) is 0 Å². The largest absolute Gasteiger partial charge is 0.391 e. The van der Waals surface area contributed by atoms with Gasteiger partial charge in [-0.25, -0.2) is 10.3 Å². The number of hydrogen-bond donors (Lipinski definition) is 2. The highest BCUT2D eigenvalue weighted by molar-refractivity contribution is 5.73. The molecule has 5 nitrogen and oxygen atoms in total. The average molecular weight is 174 g/mol. The van der Waals surface area contributed by atoms with Crippen molar-refractivity contribution in [2.75, 3.05) is 20.2 Å². The summed E-state index contributed by atoms with van der Waals surface area (Å²) in [5.74, 6) is 0. The van der Waals surface area contributed by atoms with E-state index in [-0.39, 0.29) is 12.1 Å². The maximum Gasteiger partial charge on any atom is 0.341 e. The van der Waals surface area contributed by atoms with Gasteiger partial charge in [-0.1, -0.05) is 0 Å². The van der Waals surface area contributed by atoms with Crippen molar-refractivity contribution in [3.63, 3.8) is 0 Å². The molecule has 2 amide bonds. The zero-order valence-corrected chi connectivity index (χ0v) is 7.12. The Labute approximate surface area is 71.3 Å². The van der Waals surface area contributed by atoms with Gasteiger partial charge < -0.3 is 10.0 Å². The Kier molecular flexibility index (Phi) is 3.31. The van der Waals surface area contributed by atoms with Gasteiger partial charge in [0.2, 0.25) is 0 Å². The highest BCUT2D eigenvalue weighted by Crippen LogP contribution is 2.09. The number of amides is 2. The monoisotopic (exact) mass is 174 g/mol. The molecule has 1 aliphatic rings. The van der Waals surface area contributed by atoms with Crippen LogP contribution in [-0.4, -0.2) is 42.3 Å². The Hall–Kier alpha value is -0.810. The molecule has 0 aromatic heterocycles. The lowest BCUT2D eigenvalue weighted by molar-refractivity contribution is 0.0528. The van der Waals surface area contributed by atoms with Crippen molar-refractivity contribution in [1.82, 2.24) is 10.4 Å². The number of aliphatic hydroxyl groups excluding tert-OH is 1. The van der Waals surface area contributed by atoms with Crippen LogP contribution in [0.3, 0.4) is 0 Å². The molecule has 0 saturated carbocycles. The Balaban J connectivity index is 2.35. The van der Waals surface area contributed by atoms with Gasteiger partial charge in [0, 0.05) is 13.1 Å². The molecule has 1 aliphatic heterocycles. The molecule has 0 aromatic rings. The van der Waals surface area contributed by atoms with Gasteiger partial charge in [0.1, 0.15) is 0 Å². The lowest BCUT2D eigenvalue weighted by Crippen LogP contribution is -2.46. The number of hydroxylamine groups is 1. The standard InChI is InChI=1S/C7H14N2O3/c1-12-8-7(11)9-4-2-3-6(10)5-9/h6,10H,2-5H2,1H3,(H,8,11)/t6-/m0/s1. The summed E-state index contributed by atoms with van der Waals surface area (Å²) in [7, 11) is 1.39. The fourth-order valence-corrected chi connectivity index (χ4v) is 1.29. The van der Waals surface area contributed by atoms with Crippen LogP contribution in [0.1, 0.15) is 12.8 Å². The van der Waals surface area contributed by atoms with Crippen LogP contribution in [0, 0.1) is 0 Å². The first kappa shape index (κ1) is 9.28. The molecule has 0 bridgehead atoms. The van der Waals surface area contributed by atoms with E-state index in [1.165, 1.54) is 12.0 Å². The van der Waals surface area contributed by atoms with E-state index >= 15 is 0 Å². The molecule has 0 spiro atoms. The van der Waals surface area contributed by atoms with Gasteiger partial charge in [-0.2, -0.15) is 0 Å². The Morgan fingerprint density at radius 3 is 3.08 bits per heavy atom. The third-order valence-electron chi connectivity index (χ3n) is 1.87. The van der Waals surface area contributed by atoms with E-state index < -0.39 is 0 Å². The predicted octanol–water partition coefficient (Wildman–Crippen LogP) is -0.286. The van der Waals surface area contributed by atoms with Gasteiger partial charge in [-0.15, -0.1) is 0 Å². The molecule has 0 unspecified atom stereocenters. The maximum atomic E-state index is 11.1. The smallest absolute Gasteiger partial charge is 0.341 e. The van der Waals surface area contributed by atoms with Crippen molar-refractivity contribution in [2.45, 2.75) is 18.9 Å². The Morgan fingerprint density at radius 1 is 1.75 bits per heavy atom. The Morgan fingerprint density at radius 2 is 2.50 bits per heavy atom. The van der Waals surface area contributed by atoms with Crippen molar-refractivity contribution in [1.29, 1.82) is 0 Å². The first-order valence-corrected chi connectivity index (χ1v) is 4.00. The number of carbonyl (C=O) groups excluding carboxylic acids is 1. The molecular formula is C7H14N2O3. The number of piperidine rings is 1. The van der Waals surface area contributed by atoms with E-state index in [0.29, 0.717) is 13.1 Å². The predicted molar refractivity (Wildman–Crippen MR) is 42.4 cm³/mol. The molecule has 0 radical (unpaired) electrons. The SMILES string of the molecule is CONC(=O)N1CCC[C@H](O)C1. The maximum absolute atomic E-state index is 11.1. The number of urea groups is 1. The van der Waals surface area contributed by atoms with Crippen molar-refractivity contribution >= 4 is 6.03 Å². The molecule has 0 aliphatic carbocycles.